The van der Waals surface area contributed by atoms with Crippen molar-refractivity contribution in [1.82, 2.24) is 10.2 Å². The van der Waals surface area contributed by atoms with Gasteiger partial charge in [0.05, 0.1) is 6.10 Å². The molecule has 1 aromatic carbocycles. The van der Waals surface area contributed by atoms with Gasteiger partial charge in [-0.25, -0.2) is 0 Å². The Morgan fingerprint density at radius 3 is 2.94 bits per heavy atom. The number of benzene rings is 1. The predicted molar refractivity (Wildman–Crippen MR) is 74.8 cm³/mol. The van der Waals surface area contributed by atoms with Crippen LogP contribution in [0.3, 0.4) is 0 Å². The number of nitrogens with zero attached hydrogens (tertiary/aromatic N) is 1. The van der Waals surface area contributed by atoms with Crippen LogP contribution in [0.25, 0.3) is 0 Å². The van der Waals surface area contributed by atoms with E-state index in [2.05, 4.69) is 41.4 Å². The van der Waals surface area contributed by atoms with Crippen LogP contribution in [0.1, 0.15) is 23.6 Å². The summed E-state index contributed by atoms with van der Waals surface area (Å²) in [4.78, 5) is 2.48. The largest absolute Gasteiger partial charge is 0.380 e. The number of hydrogen-bond acceptors (Lipinski definition) is 3. The summed E-state index contributed by atoms with van der Waals surface area (Å²) in [5, 5.41) is 3.42. The zero-order valence-electron chi connectivity index (χ0n) is 11.6. The van der Waals surface area contributed by atoms with Gasteiger partial charge in [0.25, 0.3) is 0 Å². The average molecular weight is 248 g/mol. The van der Waals surface area contributed by atoms with Crippen molar-refractivity contribution in [2.24, 2.45) is 0 Å². The molecule has 1 aliphatic heterocycles. The topological polar surface area (TPSA) is 24.5 Å². The van der Waals surface area contributed by atoms with Gasteiger partial charge in [-0.3, -0.25) is 4.90 Å². The Labute approximate surface area is 110 Å². The van der Waals surface area contributed by atoms with Crippen LogP contribution in [0.15, 0.2) is 24.3 Å². The summed E-state index contributed by atoms with van der Waals surface area (Å²) in [7, 11) is 3.85. The molecular formula is C15H24N2O. The Kier molecular flexibility index (Phi) is 4.75. The van der Waals surface area contributed by atoms with Gasteiger partial charge >= 0.3 is 0 Å². The Balaban J connectivity index is 1.97. The molecule has 1 heterocycles. The highest BCUT2D eigenvalue weighted by atomic mass is 16.5. The summed E-state index contributed by atoms with van der Waals surface area (Å²) in [6, 6.07) is 9.16. The molecule has 0 aromatic heterocycles. The van der Waals surface area contributed by atoms with Crippen molar-refractivity contribution in [3.63, 3.8) is 0 Å². The van der Waals surface area contributed by atoms with Gasteiger partial charge in [-0.1, -0.05) is 29.8 Å². The van der Waals surface area contributed by atoms with E-state index in [-0.39, 0.29) is 0 Å². The highest BCUT2D eigenvalue weighted by molar-refractivity contribution is 5.25. The van der Waals surface area contributed by atoms with Crippen LogP contribution < -0.4 is 5.32 Å². The monoisotopic (exact) mass is 248 g/mol. The molecule has 1 aromatic rings. The van der Waals surface area contributed by atoms with Crippen LogP contribution in [-0.2, 0) is 4.74 Å². The van der Waals surface area contributed by atoms with E-state index in [9.17, 15) is 0 Å². The van der Waals surface area contributed by atoms with Crippen LogP contribution in [0, 0.1) is 6.92 Å². The SMILES string of the molecule is CNC(CN1CCC(OC)C1)c1cccc(C)c1. The molecule has 0 spiro atoms. The molecule has 18 heavy (non-hydrogen) atoms. The zero-order valence-corrected chi connectivity index (χ0v) is 11.6. The lowest BCUT2D eigenvalue weighted by Crippen LogP contribution is -2.33. The molecule has 0 amide bonds. The summed E-state index contributed by atoms with van der Waals surface area (Å²) >= 11 is 0. The first-order chi connectivity index (χ1) is 8.72. The van der Waals surface area contributed by atoms with E-state index < -0.39 is 0 Å². The van der Waals surface area contributed by atoms with Gasteiger partial charge in [0.15, 0.2) is 0 Å². The number of likely N-dealkylation sites (N-methyl/N-ethyl adjacent to an activating group) is 1. The van der Waals surface area contributed by atoms with Crippen molar-refractivity contribution in [2.75, 3.05) is 33.8 Å². The molecule has 3 nitrogen and oxygen atoms in total. The minimum Gasteiger partial charge on any atom is -0.380 e. The quantitative estimate of drug-likeness (QED) is 0.862. The van der Waals surface area contributed by atoms with E-state index >= 15 is 0 Å². The molecule has 1 aliphatic rings. The molecule has 0 bridgehead atoms. The molecule has 2 unspecified atom stereocenters. The van der Waals surface area contributed by atoms with E-state index in [0.29, 0.717) is 12.1 Å². The van der Waals surface area contributed by atoms with Crippen molar-refractivity contribution in [3.8, 4) is 0 Å². The lowest BCUT2D eigenvalue weighted by Gasteiger charge is -2.24. The summed E-state index contributed by atoms with van der Waals surface area (Å²) in [6.45, 7) is 5.40. The van der Waals surface area contributed by atoms with E-state index in [1.807, 2.05) is 14.2 Å². The Bertz CT molecular complexity index is 381. The Morgan fingerprint density at radius 2 is 2.33 bits per heavy atom. The van der Waals surface area contributed by atoms with Gasteiger partial charge in [0.2, 0.25) is 0 Å². The molecule has 1 fully saturated rings. The van der Waals surface area contributed by atoms with Crippen LogP contribution in [0.2, 0.25) is 0 Å². The third-order valence-electron chi connectivity index (χ3n) is 3.80. The molecule has 3 heteroatoms. The van der Waals surface area contributed by atoms with Gasteiger partial charge in [-0.15, -0.1) is 0 Å². The molecule has 0 aliphatic carbocycles. The first kappa shape index (κ1) is 13.5. The molecule has 0 radical (unpaired) electrons. The standard InChI is InChI=1S/C15H24N2O/c1-12-5-4-6-13(9-12)15(16-2)11-17-8-7-14(10-17)18-3/h4-6,9,14-16H,7-8,10-11H2,1-3H3. The molecular weight excluding hydrogens is 224 g/mol. The maximum absolute atomic E-state index is 5.42. The lowest BCUT2D eigenvalue weighted by molar-refractivity contribution is 0.107. The third-order valence-corrected chi connectivity index (χ3v) is 3.80. The second kappa shape index (κ2) is 6.32. The van der Waals surface area contributed by atoms with Crippen molar-refractivity contribution in [1.29, 1.82) is 0 Å². The lowest BCUT2D eigenvalue weighted by atomic mass is 10.0. The summed E-state index contributed by atoms with van der Waals surface area (Å²) in [5.74, 6) is 0. The number of hydrogen-bond donors (Lipinski definition) is 1. The summed E-state index contributed by atoms with van der Waals surface area (Å²) in [6.07, 6.45) is 1.57. The average Bonchev–Trinajstić information content (AvgIpc) is 2.83. The fourth-order valence-corrected chi connectivity index (χ4v) is 2.66. The first-order valence-electron chi connectivity index (χ1n) is 6.72. The van der Waals surface area contributed by atoms with Crippen LogP contribution in [0.4, 0.5) is 0 Å². The van der Waals surface area contributed by atoms with Gasteiger partial charge < -0.3 is 10.1 Å². The van der Waals surface area contributed by atoms with Crippen LogP contribution in [0.5, 0.6) is 0 Å². The highest BCUT2D eigenvalue weighted by Gasteiger charge is 2.24. The minimum atomic E-state index is 0.403. The fourth-order valence-electron chi connectivity index (χ4n) is 2.66. The fraction of sp³-hybridized carbons (Fsp3) is 0.600. The van der Waals surface area contributed by atoms with E-state index in [1.54, 1.807) is 0 Å². The van der Waals surface area contributed by atoms with Crippen molar-refractivity contribution < 1.29 is 4.74 Å². The van der Waals surface area contributed by atoms with Crippen LogP contribution >= 0.6 is 0 Å². The third kappa shape index (κ3) is 3.31. The van der Waals surface area contributed by atoms with Crippen molar-refractivity contribution >= 4 is 0 Å². The van der Waals surface area contributed by atoms with E-state index in [4.69, 9.17) is 4.74 Å². The molecule has 2 rings (SSSR count). The number of nitrogens with one attached hydrogen (secondary N) is 1. The maximum Gasteiger partial charge on any atom is 0.0710 e. The number of ether oxygens (including phenoxy) is 1. The van der Waals surface area contributed by atoms with Crippen molar-refractivity contribution in [2.45, 2.75) is 25.5 Å². The van der Waals surface area contributed by atoms with Gasteiger partial charge in [0.1, 0.15) is 0 Å². The predicted octanol–water partition coefficient (Wildman–Crippen LogP) is 1.98. The minimum absolute atomic E-state index is 0.403. The van der Waals surface area contributed by atoms with E-state index in [1.165, 1.54) is 11.1 Å². The van der Waals surface area contributed by atoms with Gasteiger partial charge in [0, 0.05) is 32.8 Å². The number of rotatable bonds is 5. The molecule has 1 saturated heterocycles. The second-order valence-corrected chi connectivity index (χ2v) is 5.16. The number of methoxy groups -OCH3 is 1. The van der Waals surface area contributed by atoms with Crippen molar-refractivity contribution in [3.05, 3.63) is 35.4 Å². The van der Waals surface area contributed by atoms with Gasteiger partial charge in [-0.2, -0.15) is 0 Å². The van der Waals surface area contributed by atoms with E-state index in [0.717, 1.165) is 26.1 Å². The Hall–Kier alpha value is -0.900. The molecule has 0 saturated carbocycles. The first-order valence-corrected chi connectivity index (χ1v) is 6.72. The summed E-state index contributed by atoms with van der Waals surface area (Å²) < 4.78 is 5.42. The van der Waals surface area contributed by atoms with Gasteiger partial charge in [-0.05, 0) is 26.0 Å². The Morgan fingerprint density at radius 1 is 1.50 bits per heavy atom. The second-order valence-electron chi connectivity index (χ2n) is 5.16. The summed E-state index contributed by atoms with van der Waals surface area (Å²) in [5.41, 5.74) is 2.70. The number of likely N-dealkylation sites (tertiary alicyclic amines) is 1. The highest BCUT2D eigenvalue weighted by Crippen LogP contribution is 2.19. The molecule has 100 valence electrons. The van der Waals surface area contributed by atoms with Crippen LogP contribution in [-0.4, -0.2) is 44.8 Å². The maximum atomic E-state index is 5.42. The smallest absolute Gasteiger partial charge is 0.0710 e. The zero-order chi connectivity index (χ0) is 13.0. The number of aryl methyl sites for hydroxylation is 1. The molecule has 2 atom stereocenters. The molecule has 1 N–H and O–H groups in total. The normalized spacial score (nSPS) is 22.3.